The number of hydrogen-bond donors (Lipinski definition) is 2. The molecule has 0 bridgehead atoms. The summed E-state index contributed by atoms with van der Waals surface area (Å²) in [5.41, 5.74) is 7.32. The van der Waals surface area contributed by atoms with Gasteiger partial charge in [0.2, 0.25) is 10.0 Å². The van der Waals surface area contributed by atoms with Crippen molar-refractivity contribution in [3.8, 4) is 0 Å². The molecule has 2 heterocycles. The van der Waals surface area contributed by atoms with Gasteiger partial charge in [-0.25, -0.2) is 13.1 Å². The molecular formula is C14H20N2O3S2. The number of sulfonamides is 1. The van der Waals surface area contributed by atoms with Crippen LogP contribution in [0.4, 0.5) is 0 Å². The molecule has 2 aromatic heterocycles. The molecule has 0 aliphatic carbocycles. The van der Waals surface area contributed by atoms with Crippen molar-refractivity contribution in [2.24, 2.45) is 5.73 Å². The van der Waals surface area contributed by atoms with Gasteiger partial charge in [-0.1, -0.05) is 0 Å². The van der Waals surface area contributed by atoms with Gasteiger partial charge >= 0.3 is 0 Å². The largest absolute Gasteiger partial charge is 0.465 e. The van der Waals surface area contributed by atoms with E-state index in [1.807, 2.05) is 23.8 Å². The van der Waals surface area contributed by atoms with Crippen molar-refractivity contribution in [2.45, 2.75) is 44.7 Å². The minimum Gasteiger partial charge on any atom is -0.465 e. The van der Waals surface area contributed by atoms with E-state index in [0.717, 1.165) is 5.56 Å². The standard InChI is InChI=1S/C14H20N2O3S2/c1-9(6-12-4-5-20-8-12)16-21(17,18)14-11(3)19-10(2)13(14)7-15/h4-5,8-9,16H,6-7,15H2,1-3H3. The van der Waals surface area contributed by atoms with Gasteiger partial charge in [-0.3, -0.25) is 0 Å². The summed E-state index contributed by atoms with van der Waals surface area (Å²) in [6, 6.07) is 1.79. The van der Waals surface area contributed by atoms with Crippen LogP contribution in [0.1, 0.15) is 29.6 Å². The van der Waals surface area contributed by atoms with E-state index in [9.17, 15) is 8.42 Å². The molecule has 0 radical (unpaired) electrons. The second kappa shape index (κ2) is 6.31. The highest BCUT2D eigenvalue weighted by molar-refractivity contribution is 7.89. The molecule has 116 valence electrons. The lowest BCUT2D eigenvalue weighted by Gasteiger charge is -2.14. The van der Waals surface area contributed by atoms with E-state index >= 15 is 0 Å². The summed E-state index contributed by atoms with van der Waals surface area (Å²) >= 11 is 1.60. The zero-order chi connectivity index (χ0) is 15.6. The SMILES string of the molecule is Cc1oc(C)c(S(=O)(=O)NC(C)Cc2ccsc2)c1CN. The first-order valence-electron chi connectivity index (χ1n) is 6.67. The molecule has 21 heavy (non-hydrogen) atoms. The van der Waals surface area contributed by atoms with Crippen LogP contribution < -0.4 is 10.5 Å². The molecule has 0 saturated heterocycles. The molecule has 0 saturated carbocycles. The maximum absolute atomic E-state index is 12.6. The Morgan fingerprint density at radius 2 is 2.10 bits per heavy atom. The van der Waals surface area contributed by atoms with Crippen molar-refractivity contribution >= 4 is 21.4 Å². The van der Waals surface area contributed by atoms with Gasteiger partial charge in [-0.05, 0) is 49.6 Å². The van der Waals surface area contributed by atoms with Gasteiger partial charge in [0.05, 0.1) is 0 Å². The summed E-state index contributed by atoms with van der Waals surface area (Å²) in [6.45, 7) is 5.35. The average molecular weight is 328 g/mol. The van der Waals surface area contributed by atoms with Gasteiger partial charge in [0.25, 0.3) is 0 Å². The average Bonchev–Trinajstić information content (AvgIpc) is 2.95. The van der Waals surface area contributed by atoms with Crippen molar-refractivity contribution < 1.29 is 12.8 Å². The maximum atomic E-state index is 12.6. The second-order valence-corrected chi connectivity index (χ2v) is 7.52. The van der Waals surface area contributed by atoms with Crippen LogP contribution in [0.3, 0.4) is 0 Å². The molecule has 0 fully saturated rings. The predicted molar refractivity (Wildman–Crippen MR) is 83.9 cm³/mol. The zero-order valence-electron chi connectivity index (χ0n) is 12.3. The molecule has 1 atom stereocenters. The minimum atomic E-state index is -3.64. The Labute approximate surface area is 129 Å². The third kappa shape index (κ3) is 3.55. The molecule has 0 spiro atoms. The summed E-state index contributed by atoms with van der Waals surface area (Å²) in [7, 11) is -3.64. The smallest absolute Gasteiger partial charge is 0.244 e. The minimum absolute atomic E-state index is 0.137. The molecule has 1 unspecified atom stereocenters. The topological polar surface area (TPSA) is 85.3 Å². The number of aryl methyl sites for hydroxylation is 2. The highest BCUT2D eigenvalue weighted by Gasteiger charge is 2.27. The third-order valence-corrected chi connectivity index (χ3v) is 5.79. The van der Waals surface area contributed by atoms with Crippen LogP contribution >= 0.6 is 11.3 Å². The molecule has 0 aliphatic rings. The van der Waals surface area contributed by atoms with E-state index in [-0.39, 0.29) is 17.5 Å². The molecule has 0 amide bonds. The van der Waals surface area contributed by atoms with E-state index < -0.39 is 10.0 Å². The van der Waals surface area contributed by atoms with Gasteiger partial charge in [-0.2, -0.15) is 11.3 Å². The molecule has 3 N–H and O–H groups in total. The quantitative estimate of drug-likeness (QED) is 0.852. The van der Waals surface area contributed by atoms with E-state index in [1.165, 1.54) is 0 Å². The van der Waals surface area contributed by atoms with Gasteiger partial charge in [0.1, 0.15) is 16.4 Å². The number of thiophene rings is 1. The van der Waals surface area contributed by atoms with E-state index in [0.29, 0.717) is 23.5 Å². The molecule has 2 rings (SSSR count). The Morgan fingerprint density at radius 1 is 1.38 bits per heavy atom. The van der Waals surface area contributed by atoms with Crippen molar-refractivity contribution in [3.05, 3.63) is 39.5 Å². The van der Waals surface area contributed by atoms with Crippen LogP contribution in [-0.2, 0) is 23.0 Å². The Bertz CT molecular complexity index is 703. The fourth-order valence-electron chi connectivity index (χ4n) is 2.43. The summed E-state index contributed by atoms with van der Waals surface area (Å²) < 4.78 is 33.2. The van der Waals surface area contributed by atoms with Gasteiger partial charge in [0, 0.05) is 18.2 Å². The predicted octanol–water partition coefficient (Wildman–Crippen LogP) is 2.33. The first-order valence-corrected chi connectivity index (χ1v) is 9.10. The van der Waals surface area contributed by atoms with E-state index in [2.05, 4.69) is 4.72 Å². The fourth-order valence-corrected chi connectivity index (χ4v) is 4.81. The van der Waals surface area contributed by atoms with Crippen LogP contribution in [0, 0.1) is 13.8 Å². The summed E-state index contributed by atoms with van der Waals surface area (Å²) in [5, 5.41) is 4.00. The van der Waals surface area contributed by atoms with Crippen molar-refractivity contribution in [3.63, 3.8) is 0 Å². The molecule has 0 aromatic carbocycles. The van der Waals surface area contributed by atoms with Crippen LogP contribution in [0.25, 0.3) is 0 Å². The van der Waals surface area contributed by atoms with E-state index in [4.69, 9.17) is 10.2 Å². The highest BCUT2D eigenvalue weighted by atomic mass is 32.2. The third-order valence-electron chi connectivity index (χ3n) is 3.28. The second-order valence-electron chi connectivity index (χ2n) is 5.08. The Balaban J connectivity index is 2.22. The molecule has 5 nitrogen and oxygen atoms in total. The van der Waals surface area contributed by atoms with Gasteiger partial charge < -0.3 is 10.2 Å². The van der Waals surface area contributed by atoms with Crippen molar-refractivity contribution in [1.82, 2.24) is 4.72 Å². The van der Waals surface area contributed by atoms with Gasteiger partial charge in [-0.15, -0.1) is 0 Å². The first-order chi connectivity index (χ1) is 9.85. The van der Waals surface area contributed by atoms with Crippen molar-refractivity contribution in [2.75, 3.05) is 0 Å². The lowest BCUT2D eigenvalue weighted by Crippen LogP contribution is -2.34. The Hall–Kier alpha value is -1.15. The number of nitrogens with two attached hydrogens (primary N) is 1. The van der Waals surface area contributed by atoms with Crippen LogP contribution in [0.2, 0.25) is 0 Å². The van der Waals surface area contributed by atoms with Crippen LogP contribution in [0.5, 0.6) is 0 Å². The monoisotopic (exact) mass is 328 g/mol. The highest BCUT2D eigenvalue weighted by Crippen LogP contribution is 2.26. The van der Waals surface area contributed by atoms with Crippen molar-refractivity contribution in [1.29, 1.82) is 0 Å². The number of hydrogen-bond acceptors (Lipinski definition) is 5. The Morgan fingerprint density at radius 3 is 2.67 bits per heavy atom. The molecule has 2 aromatic rings. The Kier molecular flexibility index (Phi) is 4.88. The van der Waals surface area contributed by atoms with E-state index in [1.54, 1.807) is 25.2 Å². The lowest BCUT2D eigenvalue weighted by atomic mass is 10.1. The fraction of sp³-hybridized carbons (Fsp3) is 0.429. The van der Waals surface area contributed by atoms with Gasteiger partial charge in [0.15, 0.2) is 0 Å². The summed E-state index contributed by atoms with van der Waals surface area (Å²) in [5.74, 6) is 0.934. The number of furan rings is 1. The molecule has 7 heteroatoms. The molecule has 0 aliphatic heterocycles. The lowest BCUT2D eigenvalue weighted by molar-refractivity contribution is 0.493. The maximum Gasteiger partial charge on any atom is 0.244 e. The number of nitrogens with one attached hydrogen (secondary N) is 1. The number of rotatable bonds is 6. The molecular weight excluding hydrogens is 308 g/mol. The van der Waals surface area contributed by atoms with Crippen LogP contribution in [-0.4, -0.2) is 14.5 Å². The summed E-state index contributed by atoms with van der Waals surface area (Å²) in [6.07, 6.45) is 0.649. The zero-order valence-corrected chi connectivity index (χ0v) is 14.0. The first kappa shape index (κ1) is 16.2. The normalized spacial score (nSPS) is 13.5. The van der Waals surface area contributed by atoms with Crippen LogP contribution in [0.15, 0.2) is 26.1 Å². The summed E-state index contributed by atoms with van der Waals surface area (Å²) in [4.78, 5) is 0.180.